The standard InChI is InChI=1S/C26H32N2O5S/c1-18(2)28(17-19-9-5-4-6-10-19)34(31,32)24-15-20(13-14-23(24)33-3)16-27-25(29)21-11-7-8-12-22(21)26(27)30/h4-6,9-10,13-15,18,21-22H,7-8,11-12,16-17H2,1-3H3/t21-,22+. The number of rotatable bonds is 8. The predicted molar refractivity (Wildman–Crippen MR) is 128 cm³/mol. The number of nitrogens with zero attached hydrogens (tertiary/aromatic N) is 2. The topological polar surface area (TPSA) is 84.0 Å². The molecule has 2 amide bonds. The first-order chi connectivity index (χ1) is 16.2. The second-order valence-corrected chi connectivity index (χ2v) is 11.2. The molecule has 0 N–H and O–H groups in total. The van der Waals surface area contributed by atoms with Crippen LogP contribution in [-0.4, -0.2) is 42.6 Å². The van der Waals surface area contributed by atoms with E-state index in [0.717, 1.165) is 31.2 Å². The van der Waals surface area contributed by atoms with Gasteiger partial charge in [0.25, 0.3) is 0 Å². The van der Waals surface area contributed by atoms with Crippen LogP contribution in [0.15, 0.2) is 53.4 Å². The molecule has 2 aliphatic rings. The van der Waals surface area contributed by atoms with Crippen molar-refractivity contribution in [1.29, 1.82) is 0 Å². The fourth-order valence-electron chi connectivity index (χ4n) is 5.03. The van der Waals surface area contributed by atoms with Gasteiger partial charge in [-0.2, -0.15) is 4.31 Å². The number of ether oxygens (including phenoxy) is 1. The summed E-state index contributed by atoms with van der Waals surface area (Å²) < 4.78 is 34.4. The molecule has 0 aromatic heterocycles. The van der Waals surface area contributed by atoms with Crippen molar-refractivity contribution in [3.8, 4) is 5.75 Å². The summed E-state index contributed by atoms with van der Waals surface area (Å²) in [6.07, 6.45) is 3.42. The van der Waals surface area contributed by atoms with Crippen LogP contribution >= 0.6 is 0 Å². The number of fused-ring (bicyclic) bond motifs is 1. The minimum absolute atomic E-state index is 0.0358. The Bertz CT molecular complexity index is 1140. The average molecular weight is 485 g/mol. The first-order valence-corrected chi connectivity index (χ1v) is 13.3. The summed E-state index contributed by atoms with van der Waals surface area (Å²) >= 11 is 0. The summed E-state index contributed by atoms with van der Waals surface area (Å²) in [7, 11) is -2.49. The monoisotopic (exact) mass is 484 g/mol. The van der Waals surface area contributed by atoms with Crippen molar-refractivity contribution < 1.29 is 22.7 Å². The summed E-state index contributed by atoms with van der Waals surface area (Å²) in [5.74, 6) is -0.504. The summed E-state index contributed by atoms with van der Waals surface area (Å²) in [6.45, 7) is 3.96. The van der Waals surface area contributed by atoms with Gasteiger partial charge in [-0.05, 0) is 49.9 Å². The first kappa shape index (κ1) is 24.4. The number of likely N-dealkylation sites (tertiary alicyclic amines) is 1. The molecular formula is C26H32N2O5S. The van der Waals surface area contributed by atoms with Crippen LogP contribution in [0.1, 0.15) is 50.7 Å². The van der Waals surface area contributed by atoms with Gasteiger partial charge in [0.2, 0.25) is 21.8 Å². The lowest BCUT2D eigenvalue weighted by Gasteiger charge is -2.27. The van der Waals surface area contributed by atoms with Crippen LogP contribution in [0.3, 0.4) is 0 Å². The Morgan fingerprint density at radius 3 is 2.15 bits per heavy atom. The molecule has 2 aromatic carbocycles. The van der Waals surface area contributed by atoms with Gasteiger partial charge < -0.3 is 4.74 Å². The van der Waals surface area contributed by atoms with Crippen molar-refractivity contribution in [3.63, 3.8) is 0 Å². The summed E-state index contributed by atoms with van der Waals surface area (Å²) in [5, 5.41) is 0. The van der Waals surface area contributed by atoms with E-state index in [1.54, 1.807) is 12.1 Å². The molecule has 2 atom stereocenters. The lowest BCUT2D eigenvalue weighted by Crippen LogP contribution is -2.36. The van der Waals surface area contributed by atoms with Crippen LogP contribution in [0.2, 0.25) is 0 Å². The highest BCUT2D eigenvalue weighted by Crippen LogP contribution is 2.39. The SMILES string of the molecule is COc1ccc(CN2C(=O)[C@H]3CCCC[C@H]3C2=O)cc1S(=O)(=O)N(Cc1ccccc1)C(C)C. The Hall–Kier alpha value is -2.71. The largest absolute Gasteiger partial charge is 0.495 e. The molecule has 182 valence electrons. The van der Waals surface area contributed by atoms with Crippen molar-refractivity contribution in [2.45, 2.75) is 63.6 Å². The van der Waals surface area contributed by atoms with E-state index in [4.69, 9.17) is 4.74 Å². The summed E-state index contributed by atoms with van der Waals surface area (Å²) in [4.78, 5) is 27.2. The van der Waals surface area contributed by atoms with Gasteiger partial charge in [-0.3, -0.25) is 14.5 Å². The lowest BCUT2D eigenvalue weighted by atomic mass is 9.81. The Labute approximate surface area is 201 Å². The van der Waals surface area contributed by atoms with Crippen molar-refractivity contribution in [1.82, 2.24) is 9.21 Å². The smallest absolute Gasteiger partial charge is 0.247 e. The molecule has 1 saturated carbocycles. The zero-order valence-corrected chi connectivity index (χ0v) is 20.8. The molecule has 1 heterocycles. The maximum atomic E-state index is 13.8. The van der Waals surface area contributed by atoms with Gasteiger partial charge in [0.05, 0.1) is 25.5 Å². The molecule has 4 rings (SSSR count). The van der Waals surface area contributed by atoms with Gasteiger partial charge >= 0.3 is 0 Å². The van der Waals surface area contributed by atoms with E-state index in [-0.39, 0.29) is 53.4 Å². The van der Waals surface area contributed by atoms with Gasteiger partial charge in [0, 0.05) is 12.6 Å². The van der Waals surface area contributed by atoms with E-state index in [1.807, 2.05) is 44.2 Å². The van der Waals surface area contributed by atoms with E-state index >= 15 is 0 Å². The van der Waals surface area contributed by atoms with Crippen LogP contribution in [0.5, 0.6) is 5.75 Å². The van der Waals surface area contributed by atoms with Crippen molar-refractivity contribution in [2.24, 2.45) is 11.8 Å². The molecule has 34 heavy (non-hydrogen) atoms. The fourth-order valence-corrected chi connectivity index (χ4v) is 6.86. The molecule has 8 heteroatoms. The minimum Gasteiger partial charge on any atom is -0.495 e. The molecule has 2 aromatic rings. The van der Waals surface area contributed by atoms with Crippen LogP contribution < -0.4 is 4.74 Å². The second-order valence-electron chi connectivity index (χ2n) is 9.37. The Morgan fingerprint density at radius 1 is 0.971 bits per heavy atom. The molecule has 1 saturated heterocycles. The number of hydrogen-bond acceptors (Lipinski definition) is 5. The maximum Gasteiger partial charge on any atom is 0.247 e. The minimum atomic E-state index is -3.93. The first-order valence-electron chi connectivity index (χ1n) is 11.8. The Morgan fingerprint density at radius 2 is 1.59 bits per heavy atom. The van der Waals surface area contributed by atoms with Crippen molar-refractivity contribution in [2.75, 3.05) is 7.11 Å². The number of amides is 2. The third-order valence-corrected chi connectivity index (χ3v) is 8.89. The average Bonchev–Trinajstić information content (AvgIpc) is 3.08. The highest BCUT2D eigenvalue weighted by molar-refractivity contribution is 7.89. The molecule has 1 aliphatic heterocycles. The van der Waals surface area contributed by atoms with Gasteiger partial charge in [0.1, 0.15) is 10.6 Å². The lowest BCUT2D eigenvalue weighted by molar-refractivity contribution is -0.140. The number of methoxy groups -OCH3 is 1. The van der Waals surface area contributed by atoms with Gasteiger partial charge in [-0.15, -0.1) is 0 Å². The Balaban J connectivity index is 1.65. The number of carbonyl (C=O) groups excluding carboxylic acids is 2. The second kappa shape index (κ2) is 9.88. The van der Waals surface area contributed by atoms with E-state index in [9.17, 15) is 18.0 Å². The van der Waals surface area contributed by atoms with Crippen LogP contribution in [0, 0.1) is 11.8 Å². The van der Waals surface area contributed by atoms with Crippen molar-refractivity contribution >= 4 is 21.8 Å². The number of sulfonamides is 1. The number of hydrogen-bond donors (Lipinski definition) is 0. The normalized spacial score (nSPS) is 20.8. The quantitative estimate of drug-likeness (QED) is 0.530. The predicted octanol–water partition coefficient (Wildman–Crippen LogP) is 3.97. The molecule has 0 unspecified atom stereocenters. The van der Waals surface area contributed by atoms with E-state index in [2.05, 4.69) is 0 Å². The molecule has 2 fully saturated rings. The summed E-state index contributed by atoms with van der Waals surface area (Å²) in [5.41, 5.74) is 1.47. The van der Waals surface area contributed by atoms with E-state index in [0.29, 0.717) is 5.56 Å². The number of carbonyl (C=O) groups is 2. The highest BCUT2D eigenvalue weighted by Gasteiger charge is 2.48. The summed E-state index contributed by atoms with van der Waals surface area (Å²) in [6, 6.07) is 14.0. The molecule has 7 nitrogen and oxygen atoms in total. The van der Waals surface area contributed by atoms with Crippen LogP contribution in [0.4, 0.5) is 0 Å². The van der Waals surface area contributed by atoms with Crippen molar-refractivity contribution in [3.05, 3.63) is 59.7 Å². The van der Waals surface area contributed by atoms with Gasteiger partial charge in [-0.25, -0.2) is 8.42 Å². The van der Waals surface area contributed by atoms with Gasteiger partial charge in [-0.1, -0.05) is 49.2 Å². The third-order valence-electron chi connectivity index (χ3n) is 6.84. The van der Waals surface area contributed by atoms with Crippen LogP contribution in [-0.2, 0) is 32.7 Å². The zero-order valence-electron chi connectivity index (χ0n) is 19.9. The molecule has 0 spiro atoms. The molecule has 0 bridgehead atoms. The number of benzene rings is 2. The zero-order chi connectivity index (χ0) is 24.5. The van der Waals surface area contributed by atoms with E-state index in [1.165, 1.54) is 22.4 Å². The van der Waals surface area contributed by atoms with Crippen LogP contribution in [0.25, 0.3) is 0 Å². The third kappa shape index (κ3) is 4.61. The molecule has 1 aliphatic carbocycles. The number of imide groups is 1. The van der Waals surface area contributed by atoms with Gasteiger partial charge in [0.15, 0.2) is 0 Å². The Kier molecular flexibility index (Phi) is 7.09. The maximum absolute atomic E-state index is 13.8. The molecular weight excluding hydrogens is 452 g/mol. The molecule has 0 radical (unpaired) electrons. The fraction of sp³-hybridized carbons (Fsp3) is 0.462. The highest BCUT2D eigenvalue weighted by atomic mass is 32.2. The van der Waals surface area contributed by atoms with E-state index < -0.39 is 10.0 Å².